The Bertz CT molecular complexity index is 1110. The van der Waals surface area contributed by atoms with E-state index >= 15 is 0 Å². The first kappa shape index (κ1) is 36.3. The van der Waals surface area contributed by atoms with Gasteiger partial charge in [-0.1, -0.05) is 0 Å². The second kappa shape index (κ2) is 10.9. The molecule has 0 N–H and O–H groups in total. The zero-order valence-electron chi connectivity index (χ0n) is 20.9. The molecule has 238 valence electrons. The van der Waals surface area contributed by atoms with E-state index in [1.54, 1.807) is 18.9 Å². The molecule has 3 nitrogen and oxygen atoms in total. The molecule has 0 saturated heterocycles. The van der Waals surface area contributed by atoms with Crippen LogP contribution >= 0.6 is 0 Å². The van der Waals surface area contributed by atoms with Crippen LogP contribution < -0.4 is 4.74 Å². The first-order chi connectivity index (χ1) is 18.0. The van der Waals surface area contributed by atoms with Crippen LogP contribution in [-0.4, -0.2) is 79.1 Å². The molecule has 0 atom stereocenters. The number of ether oxygens (including phenoxy) is 1. The highest BCUT2D eigenvalue weighted by Gasteiger charge is 2.95. The third-order valence-corrected chi connectivity index (χ3v) is 5.58. The molecular formula is C21H19F17N2O. The van der Waals surface area contributed by atoms with Crippen molar-refractivity contribution in [1.29, 1.82) is 0 Å². The van der Waals surface area contributed by atoms with E-state index in [-0.39, 0.29) is 16.8 Å². The van der Waals surface area contributed by atoms with Gasteiger partial charge in [0.05, 0.1) is 12.0 Å². The maximum absolute atomic E-state index is 14.1. The maximum Gasteiger partial charge on any atom is 0.460 e. The van der Waals surface area contributed by atoms with Gasteiger partial charge in [0, 0.05) is 13.6 Å². The van der Waals surface area contributed by atoms with Crippen LogP contribution in [0, 0.1) is 13.8 Å². The first-order valence-corrected chi connectivity index (χ1v) is 10.7. The van der Waals surface area contributed by atoms with E-state index in [4.69, 9.17) is 0 Å². The molecule has 0 aromatic heterocycles. The molecule has 0 amide bonds. The van der Waals surface area contributed by atoms with E-state index in [2.05, 4.69) is 9.73 Å². The average Bonchev–Trinajstić information content (AvgIpc) is 2.81. The second-order valence-corrected chi connectivity index (χ2v) is 8.66. The molecule has 0 saturated carbocycles. The Balaban J connectivity index is 3.44. The summed E-state index contributed by atoms with van der Waals surface area (Å²) in [6, 6.07) is 1.94. The largest absolute Gasteiger partial charge is 0.487 e. The third-order valence-electron chi connectivity index (χ3n) is 5.58. The molecule has 0 aliphatic heterocycles. The molecule has 1 rings (SSSR count). The molecular weight excluding hydrogens is 619 g/mol. The van der Waals surface area contributed by atoms with Crippen molar-refractivity contribution in [2.24, 2.45) is 4.99 Å². The smallest absolute Gasteiger partial charge is 0.460 e. The average molecular weight is 638 g/mol. The first-order valence-electron chi connectivity index (χ1n) is 10.7. The molecule has 0 aliphatic carbocycles. The van der Waals surface area contributed by atoms with Gasteiger partial charge in [-0.25, -0.2) is 4.99 Å². The van der Waals surface area contributed by atoms with E-state index in [1.165, 1.54) is 13.3 Å². The molecule has 20 heteroatoms. The fourth-order valence-corrected chi connectivity index (χ4v) is 2.77. The topological polar surface area (TPSA) is 24.8 Å². The second-order valence-electron chi connectivity index (χ2n) is 8.66. The Kier molecular flexibility index (Phi) is 9.61. The van der Waals surface area contributed by atoms with Crippen LogP contribution in [0.5, 0.6) is 5.75 Å². The molecule has 0 unspecified atom stereocenters. The molecule has 0 spiro atoms. The van der Waals surface area contributed by atoms with Crippen LogP contribution in [0.1, 0.15) is 18.1 Å². The Labute approximate surface area is 219 Å². The third kappa shape index (κ3) is 5.83. The summed E-state index contributed by atoms with van der Waals surface area (Å²) in [6.45, 7) is 1.57. The van der Waals surface area contributed by atoms with Gasteiger partial charge >= 0.3 is 47.6 Å². The zero-order valence-corrected chi connectivity index (χ0v) is 20.9. The molecule has 41 heavy (non-hydrogen) atoms. The standard InChI is InChI=1S/C21H19F17N2O/c1-5-40(4)9-39-12-6-11(3)13(7-10(12)2)41-8-14(22,23)15(24,25)16(26,27)17(28,29)18(30,31)19(32,33)20(34,35)21(36,37)38/h6-7,9H,5,8H2,1-4H3/b39-9+. The molecule has 0 heterocycles. The van der Waals surface area contributed by atoms with Crippen molar-refractivity contribution < 1.29 is 79.4 Å². The number of hydrogen-bond acceptors (Lipinski definition) is 2. The number of benzene rings is 1. The van der Waals surface area contributed by atoms with E-state index in [9.17, 15) is 74.6 Å². The van der Waals surface area contributed by atoms with Crippen LogP contribution in [-0.2, 0) is 0 Å². The van der Waals surface area contributed by atoms with Gasteiger partial charge in [-0.2, -0.15) is 74.6 Å². The van der Waals surface area contributed by atoms with E-state index < -0.39 is 60.0 Å². The summed E-state index contributed by atoms with van der Waals surface area (Å²) in [5, 5.41) is 0. The highest BCUT2D eigenvalue weighted by Crippen LogP contribution is 2.63. The number of aliphatic imine (C=N–C) groups is 1. The molecule has 0 fully saturated rings. The zero-order chi connectivity index (χ0) is 32.8. The van der Waals surface area contributed by atoms with Crippen molar-refractivity contribution in [2.45, 2.75) is 68.4 Å². The normalized spacial score (nSPS) is 15.0. The van der Waals surface area contributed by atoms with Gasteiger partial charge in [-0.05, 0) is 44.0 Å². The molecule has 0 aliphatic rings. The Morgan fingerprint density at radius 3 is 1.49 bits per heavy atom. The number of nitrogens with zero attached hydrogens (tertiary/aromatic N) is 2. The summed E-state index contributed by atoms with van der Waals surface area (Å²) < 4.78 is 232. The number of aryl methyl sites for hydroxylation is 2. The lowest BCUT2D eigenvalue weighted by Crippen LogP contribution is -2.74. The lowest BCUT2D eigenvalue weighted by Gasteiger charge is -2.42. The van der Waals surface area contributed by atoms with Gasteiger partial charge in [0.1, 0.15) is 5.75 Å². The van der Waals surface area contributed by atoms with Gasteiger partial charge in [0.25, 0.3) is 0 Å². The van der Waals surface area contributed by atoms with Crippen LogP contribution in [0.15, 0.2) is 17.1 Å². The SMILES string of the molecule is CCN(C)/C=N/c1cc(C)c(OCC(F)(F)C(F)(F)C(F)(F)C(F)(F)C(F)(F)C(F)(F)C(F)(F)C(F)(F)F)cc1C. The van der Waals surface area contributed by atoms with Crippen molar-refractivity contribution in [3.05, 3.63) is 23.3 Å². The predicted molar refractivity (Wildman–Crippen MR) is 109 cm³/mol. The van der Waals surface area contributed by atoms with Crippen LogP contribution in [0.2, 0.25) is 0 Å². The highest BCUT2D eigenvalue weighted by atomic mass is 19.4. The minimum absolute atomic E-state index is 0.0887. The number of alkyl halides is 17. The van der Waals surface area contributed by atoms with Crippen molar-refractivity contribution in [3.8, 4) is 5.75 Å². The van der Waals surface area contributed by atoms with Gasteiger partial charge in [-0.15, -0.1) is 0 Å². The number of rotatable bonds is 12. The maximum atomic E-state index is 14.1. The minimum atomic E-state index is -8.67. The van der Waals surface area contributed by atoms with E-state index in [1.807, 2.05) is 0 Å². The number of hydrogen-bond donors (Lipinski definition) is 0. The van der Waals surface area contributed by atoms with Crippen molar-refractivity contribution in [2.75, 3.05) is 20.2 Å². The number of halogens is 17. The summed E-state index contributed by atoms with van der Waals surface area (Å²) in [6.07, 6.45) is -6.49. The van der Waals surface area contributed by atoms with Crippen molar-refractivity contribution >= 4 is 12.0 Å². The lowest BCUT2D eigenvalue weighted by atomic mass is 9.89. The lowest BCUT2D eigenvalue weighted by molar-refractivity contribution is -0.462. The van der Waals surface area contributed by atoms with Crippen LogP contribution in [0.25, 0.3) is 0 Å². The van der Waals surface area contributed by atoms with E-state index in [0.29, 0.717) is 6.54 Å². The summed E-state index contributed by atoms with van der Waals surface area (Å²) in [4.78, 5) is 5.57. The summed E-state index contributed by atoms with van der Waals surface area (Å²) >= 11 is 0. The van der Waals surface area contributed by atoms with E-state index in [0.717, 1.165) is 19.1 Å². The van der Waals surface area contributed by atoms with Gasteiger partial charge in [-0.3, -0.25) is 0 Å². The van der Waals surface area contributed by atoms with Gasteiger partial charge < -0.3 is 9.64 Å². The fourth-order valence-electron chi connectivity index (χ4n) is 2.77. The summed E-state index contributed by atoms with van der Waals surface area (Å²) in [5.74, 6) is -57.6. The van der Waals surface area contributed by atoms with Crippen LogP contribution in [0.4, 0.5) is 80.3 Å². The van der Waals surface area contributed by atoms with Gasteiger partial charge in [0.2, 0.25) is 0 Å². The molecule has 1 aromatic carbocycles. The molecule has 0 radical (unpaired) electrons. The van der Waals surface area contributed by atoms with Crippen LogP contribution in [0.3, 0.4) is 0 Å². The monoisotopic (exact) mass is 638 g/mol. The van der Waals surface area contributed by atoms with Crippen molar-refractivity contribution in [3.63, 3.8) is 0 Å². The highest BCUT2D eigenvalue weighted by molar-refractivity contribution is 5.64. The Hall–Kier alpha value is -2.70. The Morgan fingerprint density at radius 1 is 0.659 bits per heavy atom. The Morgan fingerprint density at radius 2 is 1.07 bits per heavy atom. The molecule has 0 bridgehead atoms. The summed E-state index contributed by atoms with van der Waals surface area (Å²) in [7, 11) is 1.60. The molecule has 1 aromatic rings. The fraction of sp³-hybridized carbons (Fsp3) is 0.667. The van der Waals surface area contributed by atoms with Gasteiger partial charge in [0.15, 0.2) is 6.61 Å². The quantitative estimate of drug-likeness (QED) is 0.131. The summed E-state index contributed by atoms with van der Waals surface area (Å²) in [5.41, 5.74) is 0.0432. The minimum Gasteiger partial charge on any atom is -0.487 e. The van der Waals surface area contributed by atoms with Crippen molar-refractivity contribution in [1.82, 2.24) is 4.90 Å². The predicted octanol–water partition coefficient (Wildman–Crippen LogP) is 8.30.